The van der Waals surface area contributed by atoms with Gasteiger partial charge in [-0.15, -0.1) is 0 Å². The molecule has 1 fully saturated rings. The summed E-state index contributed by atoms with van der Waals surface area (Å²) in [6.45, 7) is 11.1. The normalized spacial score (nSPS) is 16.1. The molecule has 1 amide bonds. The third-order valence-electron chi connectivity index (χ3n) is 4.04. The first-order valence-electron chi connectivity index (χ1n) is 8.74. The summed E-state index contributed by atoms with van der Waals surface area (Å²) in [5.41, 5.74) is 1.88. The molecule has 2 heterocycles. The first kappa shape index (κ1) is 19.1. The third-order valence-corrected chi connectivity index (χ3v) is 4.04. The number of ether oxygens (including phenoxy) is 1. The maximum atomic E-state index is 12.6. The van der Waals surface area contributed by atoms with Gasteiger partial charge in [0.1, 0.15) is 0 Å². The molecule has 134 valence electrons. The zero-order chi connectivity index (χ0) is 17.9. The molecule has 1 aliphatic rings. The van der Waals surface area contributed by atoms with Gasteiger partial charge in [-0.05, 0) is 38.1 Å². The van der Waals surface area contributed by atoms with Crippen molar-refractivity contribution in [3.8, 4) is 0 Å². The predicted octanol–water partition coefficient (Wildman–Crippen LogP) is 2.44. The summed E-state index contributed by atoms with van der Waals surface area (Å²) in [6, 6.07) is 5.59. The molecule has 0 unspecified atom stereocenters. The van der Waals surface area contributed by atoms with Gasteiger partial charge >= 0.3 is 0 Å². The van der Waals surface area contributed by atoms with Crippen LogP contribution in [0.15, 0.2) is 54.8 Å². The second kappa shape index (κ2) is 10.6. The maximum Gasteiger partial charge on any atom is 0.251 e. The molecule has 0 aromatic carbocycles. The van der Waals surface area contributed by atoms with Crippen LogP contribution in [0.1, 0.15) is 19.0 Å². The van der Waals surface area contributed by atoms with E-state index in [1.165, 1.54) is 0 Å². The van der Waals surface area contributed by atoms with Crippen molar-refractivity contribution in [2.24, 2.45) is 0 Å². The lowest BCUT2D eigenvalue weighted by Gasteiger charge is -2.26. The van der Waals surface area contributed by atoms with Crippen molar-refractivity contribution in [1.29, 1.82) is 0 Å². The van der Waals surface area contributed by atoms with Crippen molar-refractivity contribution in [2.45, 2.75) is 13.3 Å². The number of allylic oxidation sites excluding steroid dienone is 3. The summed E-state index contributed by atoms with van der Waals surface area (Å²) < 4.78 is 5.34. The summed E-state index contributed by atoms with van der Waals surface area (Å²) in [7, 11) is 0. The summed E-state index contributed by atoms with van der Waals surface area (Å²) in [6.07, 6.45) is 8.13. The van der Waals surface area contributed by atoms with E-state index in [4.69, 9.17) is 4.74 Å². The number of pyridine rings is 1. The second-order valence-electron chi connectivity index (χ2n) is 5.86. The fourth-order valence-corrected chi connectivity index (χ4v) is 2.61. The van der Waals surface area contributed by atoms with Gasteiger partial charge in [0.2, 0.25) is 0 Å². The molecule has 0 bridgehead atoms. The molecular weight excluding hydrogens is 314 g/mol. The van der Waals surface area contributed by atoms with E-state index >= 15 is 0 Å². The lowest BCUT2D eigenvalue weighted by atomic mass is 10.0. The van der Waals surface area contributed by atoms with Crippen LogP contribution >= 0.6 is 0 Å². The summed E-state index contributed by atoms with van der Waals surface area (Å²) in [5.74, 6) is -0.115. The topological polar surface area (TPSA) is 54.5 Å². The number of hydrogen-bond donors (Lipinski definition) is 1. The van der Waals surface area contributed by atoms with E-state index in [0.29, 0.717) is 23.4 Å². The monoisotopic (exact) mass is 341 g/mol. The molecule has 2 rings (SSSR count). The van der Waals surface area contributed by atoms with Crippen molar-refractivity contribution < 1.29 is 9.53 Å². The Morgan fingerprint density at radius 3 is 2.88 bits per heavy atom. The molecule has 0 aliphatic carbocycles. The Hall–Kier alpha value is -2.24. The fourth-order valence-electron chi connectivity index (χ4n) is 2.61. The van der Waals surface area contributed by atoms with Gasteiger partial charge in [0.05, 0.1) is 18.9 Å². The second-order valence-corrected chi connectivity index (χ2v) is 5.86. The highest BCUT2D eigenvalue weighted by Gasteiger charge is 2.15. The first-order chi connectivity index (χ1) is 12.2. The van der Waals surface area contributed by atoms with Crippen LogP contribution in [0.25, 0.3) is 5.57 Å². The van der Waals surface area contributed by atoms with E-state index in [2.05, 4.69) is 21.8 Å². The van der Waals surface area contributed by atoms with Crippen LogP contribution < -0.4 is 5.32 Å². The highest BCUT2D eigenvalue weighted by molar-refractivity contribution is 6.08. The molecule has 1 aromatic rings. The number of amides is 1. The quantitative estimate of drug-likeness (QED) is 0.448. The summed E-state index contributed by atoms with van der Waals surface area (Å²) >= 11 is 0. The number of carbonyl (C=O) groups is 1. The zero-order valence-electron chi connectivity index (χ0n) is 14.9. The molecule has 5 heteroatoms. The smallest absolute Gasteiger partial charge is 0.251 e. The van der Waals surface area contributed by atoms with Gasteiger partial charge in [-0.25, -0.2) is 0 Å². The zero-order valence-corrected chi connectivity index (χ0v) is 14.9. The van der Waals surface area contributed by atoms with Crippen molar-refractivity contribution >= 4 is 11.5 Å². The molecule has 1 aliphatic heterocycles. The predicted molar refractivity (Wildman–Crippen MR) is 101 cm³/mol. The van der Waals surface area contributed by atoms with Crippen LogP contribution in [0.4, 0.5) is 0 Å². The summed E-state index contributed by atoms with van der Waals surface area (Å²) in [5, 5.41) is 2.99. The van der Waals surface area contributed by atoms with Crippen LogP contribution in [-0.2, 0) is 9.53 Å². The van der Waals surface area contributed by atoms with Crippen LogP contribution in [0.2, 0.25) is 0 Å². The molecule has 1 saturated heterocycles. The average Bonchev–Trinajstić information content (AvgIpc) is 2.67. The molecule has 0 atom stereocenters. The number of nitrogens with one attached hydrogen (secondary N) is 1. The highest BCUT2D eigenvalue weighted by atomic mass is 16.5. The number of hydrogen-bond acceptors (Lipinski definition) is 4. The molecule has 25 heavy (non-hydrogen) atoms. The van der Waals surface area contributed by atoms with Crippen LogP contribution in [0, 0.1) is 0 Å². The van der Waals surface area contributed by atoms with Gasteiger partial charge in [0.25, 0.3) is 5.91 Å². The van der Waals surface area contributed by atoms with Crippen LogP contribution in [0.3, 0.4) is 0 Å². The van der Waals surface area contributed by atoms with Gasteiger partial charge in [-0.3, -0.25) is 14.7 Å². The van der Waals surface area contributed by atoms with Crippen molar-refractivity contribution in [1.82, 2.24) is 15.2 Å². The molecular formula is C20H27N3O2. The Kier molecular flexibility index (Phi) is 8.09. The fraction of sp³-hybridized carbons (Fsp3) is 0.400. The van der Waals surface area contributed by atoms with Crippen molar-refractivity contribution in [2.75, 3.05) is 39.4 Å². The summed E-state index contributed by atoms with van der Waals surface area (Å²) in [4.78, 5) is 19.2. The molecule has 1 N–H and O–H groups in total. The number of aromatic nitrogens is 1. The van der Waals surface area contributed by atoms with Crippen molar-refractivity contribution in [3.05, 3.63) is 60.5 Å². The Bertz CT molecular complexity index is 617. The molecule has 5 nitrogen and oxygen atoms in total. The molecule has 0 saturated carbocycles. The Labute approximate surface area is 150 Å². The lowest BCUT2D eigenvalue weighted by molar-refractivity contribution is -0.117. The van der Waals surface area contributed by atoms with Gasteiger partial charge in [0.15, 0.2) is 0 Å². The minimum absolute atomic E-state index is 0.115. The number of nitrogens with zero attached hydrogens (tertiary/aromatic N) is 2. The molecule has 0 spiro atoms. The van der Waals surface area contributed by atoms with E-state index in [9.17, 15) is 4.79 Å². The van der Waals surface area contributed by atoms with Gasteiger partial charge < -0.3 is 10.1 Å². The van der Waals surface area contributed by atoms with Gasteiger partial charge in [-0.1, -0.05) is 24.8 Å². The Morgan fingerprint density at radius 1 is 1.40 bits per heavy atom. The van der Waals surface area contributed by atoms with E-state index in [1.54, 1.807) is 12.3 Å². The van der Waals surface area contributed by atoms with Gasteiger partial charge in [-0.2, -0.15) is 0 Å². The number of carbonyl (C=O) groups excluding carboxylic acids is 1. The van der Waals surface area contributed by atoms with E-state index < -0.39 is 0 Å². The Morgan fingerprint density at radius 2 is 2.20 bits per heavy atom. The Balaban J connectivity index is 1.89. The minimum Gasteiger partial charge on any atom is -0.379 e. The maximum absolute atomic E-state index is 12.6. The number of morpholine rings is 1. The molecule has 0 radical (unpaired) electrons. The van der Waals surface area contributed by atoms with E-state index in [0.717, 1.165) is 39.3 Å². The van der Waals surface area contributed by atoms with Gasteiger partial charge in [0, 0.05) is 37.0 Å². The van der Waals surface area contributed by atoms with Crippen LogP contribution in [-0.4, -0.2) is 55.2 Å². The molecule has 1 aromatic heterocycles. The van der Waals surface area contributed by atoms with Crippen LogP contribution in [0.5, 0.6) is 0 Å². The lowest BCUT2D eigenvalue weighted by Crippen LogP contribution is -2.38. The number of rotatable bonds is 8. The largest absolute Gasteiger partial charge is 0.379 e. The standard InChI is InChI=1S/C20H27N3O2/c1-3-4-8-18(17(2)19-9-5-6-10-21-19)20(24)22-11-7-12-23-13-15-25-16-14-23/h3-6,8-10H,2,7,11-16H2,1H3,(H,22,24)/b4-3-,18-8+. The highest BCUT2D eigenvalue weighted by Crippen LogP contribution is 2.19. The SMILES string of the molecule is C=C(/C(=C\C=C/C)C(=O)NCCCN1CCOCC1)c1ccccn1. The minimum atomic E-state index is -0.115. The first-order valence-corrected chi connectivity index (χ1v) is 8.74. The van der Waals surface area contributed by atoms with Crippen molar-refractivity contribution in [3.63, 3.8) is 0 Å². The van der Waals surface area contributed by atoms with E-state index in [-0.39, 0.29) is 5.91 Å². The average molecular weight is 341 g/mol. The third kappa shape index (κ3) is 6.29. The van der Waals surface area contributed by atoms with E-state index in [1.807, 2.05) is 37.3 Å².